The summed E-state index contributed by atoms with van der Waals surface area (Å²) < 4.78 is 11.8. The molecule has 0 spiro atoms. The lowest BCUT2D eigenvalue weighted by atomic mass is 9.98. The second-order valence-corrected chi connectivity index (χ2v) is 11.3. The van der Waals surface area contributed by atoms with Gasteiger partial charge in [-0.3, -0.25) is 9.59 Å². The predicted octanol–water partition coefficient (Wildman–Crippen LogP) is 3.16. The van der Waals surface area contributed by atoms with Gasteiger partial charge in [0.05, 0.1) is 17.4 Å². The van der Waals surface area contributed by atoms with Crippen LogP contribution in [0.1, 0.15) is 42.9 Å². The van der Waals surface area contributed by atoms with Gasteiger partial charge in [0.1, 0.15) is 23.1 Å². The number of carbonyl (C=O) groups excluding carboxylic acids is 1. The summed E-state index contributed by atoms with van der Waals surface area (Å²) in [7, 11) is 2.17. The summed E-state index contributed by atoms with van der Waals surface area (Å²) in [5.41, 5.74) is 2.04. The Morgan fingerprint density at radius 1 is 1.24 bits per heavy atom. The van der Waals surface area contributed by atoms with Gasteiger partial charge in [-0.1, -0.05) is 29.5 Å². The first-order valence-electron chi connectivity index (χ1n) is 13.2. The van der Waals surface area contributed by atoms with Gasteiger partial charge in [-0.15, -0.1) is 0 Å². The smallest absolute Gasteiger partial charge is 0.305 e. The molecule has 2 bridgehead atoms. The predicted molar refractivity (Wildman–Crippen MR) is 146 cm³/mol. The molecule has 0 amide bonds. The molecule has 9 nitrogen and oxygen atoms in total. The van der Waals surface area contributed by atoms with Crippen molar-refractivity contribution in [3.05, 3.63) is 57.2 Å². The first-order valence-corrected chi connectivity index (χ1v) is 14.0. The number of aliphatic hydroxyl groups is 1. The molecule has 204 valence electrons. The molecule has 5 rings (SSSR count). The van der Waals surface area contributed by atoms with Crippen LogP contribution in [0.15, 0.2) is 41.2 Å². The lowest BCUT2D eigenvalue weighted by molar-refractivity contribution is -0.136. The minimum Gasteiger partial charge on any atom is -0.506 e. The molecule has 1 heterocycles. The number of aliphatic hydroxyl groups excluding tert-OH is 1. The van der Waals surface area contributed by atoms with E-state index in [1.165, 1.54) is 12.5 Å². The van der Waals surface area contributed by atoms with Crippen molar-refractivity contribution < 1.29 is 24.5 Å². The van der Waals surface area contributed by atoms with E-state index in [1.807, 2.05) is 24.3 Å². The quantitative estimate of drug-likeness (QED) is 0.192. The van der Waals surface area contributed by atoms with Crippen LogP contribution in [-0.2, 0) is 16.1 Å². The van der Waals surface area contributed by atoms with Gasteiger partial charge in [0.15, 0.2) is 0 Å². The van der Waals surface area contributed by atoms with E-state index >= 15 is 0 Å². The van der Waals surface area contributed by atoms with Gasteiger partial charge in [0.25, 0.3) is 6.47 Å². The second-order valence-electron chi connectivity index (χ2n) is 10.4. The summed E-state index contributed by atoms with van der Waals surface area (Å²) in [5.74, 6) is 1.91. The lowest BCUT2D eigenvalue weighted by Crippen LogP contribution is -2.38. The molecule has 0 radical (unpaired) electrons. The van der Waals surface area contributed by atoms with Crippen molar-refractivity contribution in [2.45, 2.75) is 50.5 Å². The molecular formula is C28H35N3O6S. The molecule has 2 aromatic carbocycles. The fraction of sp³-hybridized carbons (Fsp3) is 0.500. The highest BCUT2D eigenvalue weighted by molar-refractivity contribution is 7.16. The molecule has 3 aromatic rings. The number of hydrogen-bond acceptors (Lipinski definition) is 9. The zero-order valence-corrected chi connectivity index (χ0v) is 22.3. The number of rotatable bonds is 13. The molecule has 1 aromatic heterocycles. The number of H-pyrrole nitrogens is 1. The van der Waals surface area contributed by atoms with E-state index in [2.05, 4.69) is 22.2 Å². The molecule has 0 saturated heterocycles. The van der Waals surface area contributed by atoms with Crippen molar-refractivity contribution in [2.75, 3.05) is 26.7 Å². The molecule has 2 aliphatic carbocycles. The number of fused-ring (bicyclic) bond motifs is 3. The average Bonchev–Trinajstić information content (AvgIpc) is 3.60. The maximum atomic E-state index is 11.7. The van der Waals surface area contributed by atoms with E-state index in [0.717, 1.165) is 48.5 Å². The first-order chi connectivity index (χ1) is 18.4. The summed E-state index contributed by atoms with van der Waals surface area (Å²) in [6.45, 7) is 3.07. The minimum atomic E-state index is -0.812. The van der Waals surface area contributed by atoms with Gasteiger partial charge in [-0.25, -0.2) is 0 Å². The molecule has 10 heteroatoms. The Bertz CT molecular complexity index is 1290. The fourth-order valence-electron chi connectivity index (χ4n) is 6.27. The Morgan fingerprint density at radius 2 is 2.05 bits per heavy atom. The summed E-state index contributed by atoms with van der Waals surface area (Å²) in [6, 6.07) is 11.5. The minimum absolute atomic E-state index is 0.00312. The van der Waals surface area contributed by atoms with Gasteiger partial charge < -0.3 is 34.9 Å². The van der Waals surface area contributed by atoms with Gasteiger partial charge in [-0.05, 0) is 62.4 Å². The third-order valence-electron chi connectivity index (χ3n) is 8.01. The number of benzene rings is 2. The third-order valence-corrected chi connectivity index (χ3v) is 8.94. The van der Waals surface area contributed by atoms with E-state index in [4.69, 9.17) is 9.47 Å². The van der Waals surface area contributed by atoms with Crippen LogP contribution in [0.2, 0.25) is 0 Å². The van der Waals surface area contributed by atoms with E-state index in [1.54, 1.807) is 6.07 Å². The van der Waals surface area contributed by atoms with Crippen LogP contribution in [-0.4, -0.2) is 65.5 Å². The number of aromatic hydroxyl groups is 1. The van der Waals surface area contributed by atoms with E-state index in [9.17, 15) is 19.8 Å². The summed E-state index contributed by atoms with van der Waals surface area (Å²) in [6.07, 6.45) is 3.56. The number of hydrogen-bond donors (Lipinski definition) is 4. The van der Waals surface area contributed by atoms with Crippen LogP contribution in [0.4, 0.5) is 0 Å². The highest BCUT2D eigenvalue weighted by atomic mass is 32.1. The Kier molecular flexibility index (Phi) is 8.32. The molecule has 4 N–H and O–H groups in total. The number of carbonyl (C=O) groups is 1. The number of phenols is 1. The van der Waals surface area contributed by atoms with E-state index in [0.29, 0.717) is 59.8 Å². The van der Waals surface area contributed by atoms with E-state index in [-0.39, 0.29) is 16.7 Å². The zero-order valence-electron chi connectivity index (χ0n) is 21.5. The Labute approximate surface area is 225 Å². The highest BCUT2D eigenvalue weighted by Crippen LogP contribution is 2.48. The van der Waals surface area contributed by atoms with Crippen LogP contribution in [0, 0.1) is 11.8 Å². The monoisotopic (exact) mass is 541 g/mol. The van der Waals surface area contributed by atoms with Gasteiger partial charge >= 0.3 is 4.87 Å². The van der Waals surface area contributed by atoms with Crippen LogP contribution in [0.3, 0.4) is 0 Å². The van der Waals surface area contributed by atoms with Crippen molar-refractivity contribution >= 4 is 28.0 Å². The van der Waals surface area contributed by atoms with Crippen molar-refractivity contribution in [1.82, 2.24) is 15.2 Å². The number of aromatic amines is 1. The van der Waals surface area contributed by atoms with Gasteiger partial charge in [0.2, 0.25) is 0 Å². The van der Waals surface area contributed by atoms with Crippen LogP contribution >= 0.6 is 11.3 Å². The number of aromatic nitrogens is 1. The first kappa shape index (κ1) is 26.7. The average molecular weight is 542 g/mol. The van der Waals surface area contributed by atoms with Gasteiger partial charge in [-0.2, -0.15) is 0 Å². The van der Waals surface area contributed by atoms with Crippen molar-refractivity contribution in [2.24, 2.45) is 11.8 Å². The normalized spacial score (nSPS) is 23.2. The standard InChI is InChI=1S/C28H35N3O6S/c1-31(26-18-5-8-21(26)24(13-18)37-16-32)11-2-12-36-19-6-3-17(4-7-19)14-29-15-23(34)20-9-10-22(33)25-27(20)38-28(35)30-25/h3-4,6-7,9-10,16,18,21,23-24,26,29,33-34H,2,5,8,11-15H2,1H3,(H,30,35)/t18-,21+,23+,24+,26-/m0/s1. The summed E-state index contributed by atoms with van der Waals surface area (Å²) in [4.78, 5) is 27.2. The zero-order chi connectivity index (χ0) is 26.6. The summed E-state index contributed by atoms with van der Waals surface area (Å²) >= 11 is 0.981. The highest BCUT2D eigenvalue weighted by Gasteiger charge is 2.50. The molecule has 5 atom stereocenters. The van der Waals surface area contributed by atoms with Crippen molar-refractivity contribution in [3.8, 4) is 11.5 Å². The molecule has 2 saturated carbocycles. The Hall–Kier alpha value is -2.92. The number of thiazole rings is 1. The van der Waals surface area contributed by atoms with Crippen molar-refractivity contribution in [3.63, 3.8) is 0 Å². The number of nitrogens with one attached hydrogen (secondary N) is 2. The molecule has 2 fully saturated rings. The fourth-order valence-corrected chi connectivity index (χ4v) is 7.19. The number of ether oxygens (including phenoxy) is 2. The largest absolute Gasteiger partial charge is 0.506 e. The SMILES string of the molecule is CN(CCCOc1ccc(CNC[C@@H](O)c2ccc(O)c3[nH]c(=O)sc23)cc1)[C@H]1[C@H]2CC[C@@H]1[C@H](OC=O)C2. The Balaban J connectivity index is 1.03. The third kappa shape index (κ3) is 5.73. The van der Waals surface area contributed by atoms with Crippen LogP contribution < -0.4 is 14.9 Å². The maximum absolute atomic E-state index is 11.7. The molecule has 0 aliphatic heterocycles. The van der Waals surface area contributed by atoms with Crippen molar-refractivity contribution in [1.29, 1.82) is 0 Å². The topological polar surface area (TPSA) is 124 Å². The number of phenolic OH excluding ortho intramolecular Hbond substituents is 1. The molecule has 38 heavy (non-hydrogen) atoms. The number of nitrogens with zero attached hydrogens (tertiary/aromatic N) is 1. The molecule has 0 unspecified atom stereocenters. The molecule has 2 aliphatic rings. The van der Waals surface area contributed by atoms with Gasteiger partial charge in [0, 0.05) is 37.2 Å². The summed E-state index contributed by atoms with van der Waals surface area (Å²) in [5, 5.41) is 23.8. The lowest BCUT2D eigenvalue weighted by Gasteiger charge is -2.28. The second kappa shape index (κ2) is 11.9. The van der Waals surface area contributed by atoms with Crippen LogP contribution in [0.25, 0.3) is 10.2 Å². The maximum Gasteiger partial charge on any atom is 0.305 e. The molecular weight excluding hydrogens is 506 g/mol. The Morgan fingerprint density at radius 3 is 2.84 bits per heavy atom. The van der Waals surface area contributed by atoms with Crippen LogP contribution in [0.5, 0.6) is 11.5 Å². The van der Waals surface area contributed by atoms with E-state index < -0.39 is 6.10 Å².